The molecule has 0 spiro atoms. The number of carbonyl (C=O) groups is 2. The topological polar surface area (TPSA) is 76.1 Å². The van der Waals surface area contributed by atoms with E-state index in [2.05, 4.69) is 11.8 Å². The number of hydrogen-bond acceptors (Lipinski definition) is 6. The molecule has 1 N–H and O–H groups in total. The third kappa shape index (κ3) is 11.5. The summed E-state index contributed by atoms with van der Waals surface area (Å²) in [5.41, 5.74) is 2.68. The summed E-state index contributed by atoms with van der Waals surface area (Å²) in [5.74, 6) is 1.93. The number of Topliss-reactive ketones (excluding diaryl/α,β-unsaturated/α-hetero) is 2. The summed E-state index contributed by atoms with van der Waals surface area (Å²) in [5, 5.41) is 11.6. The Kier molecular flexibility index (Phi) is 14.2. The lowest BCUT2D eigenvalue weighted by molar-refractivity contribution is -0.120. The van der Waals surface area contributed by atoms with Gasteiger partial charge in [-0.1, -0.05) is 73.8 Å². The molecule has 1 aliphatic rings. The molecule has 239 valence electrons. The van der Waals surface area contributed by atoms with Crippen molar-refractivity contribution in [1.29, 1.82) is 0 Å². The van der Waals surface area contributed by atoms with E-state index in [1.165, 1.54) is 12.8 Å². The standard InChI is InChI=1S/C38H49BNO5/c1-29(27-33(41)11-6-7-14-37(42)30-15-19-32(39-2)20-16-30)36(28-40-23-8-9-24-40)38(43)31-17-21-35(22-18-31)45-26-10-25-44-34-12-4-3-5-13-34/h3-5,12-13,15-22,29,36,38,43H,6-11,14,23-28H2,1-2H3/t29?,36-,38+/m0/s1. The highest BCUT2D eigenvalue weighted by molar-refractivity contribution is 6.51. The van der Waals surface area contributed by atoms with E-state index >= 15 is 0 Å². The maximum Gasteiger partial charge on any atom is 0.162 e. The van der Waals surface area contributed by atoms with Gasteiger partial charge in [0.15, 0.2) is 5.78 Å². The maximum atomic E-state index is 13.0. The second-order valence-corrected chi connectivity index (χ2v) is 12.3. The Morgan fingerprint density at radius 2 is 1.44 bits per heavy atom. The average Bonchev–Trinajstić information content (AvgIpc) is 3.59. The van der Waals surface area contributed by atoms with Gasteiger partial charge in [-0.05, 0) is 74.5 Å². The Morgan fingerprint density at radius 1 is 0.822 bits per heavy atom. The molecule has 3 aromatic rings. The molecule has 6 nitrogen and oxygen atoms in total. The molecular formula is C38H49BNO5. The van der Waals surface area contributed by atoms with Crippen molar-refractivity contribution < 1.29 is 24.2 Å². The third-order valence-electron chi connectivity index (χ3n) is 8.82. The van der Waals surface area contributed by atoms with E-state index in [4.69, 9.17) is 9.47 Å². The van der Waals surface area contributed by atoms with Crippen molar-refractivity contribution in [3.05, 3.63) is 90.0 Å². The fraction of sp³-hybridized carbons (Fsp3) is 0.474. The minimum Gasteiger partial charge on any atom is -0.493 e. The molecule has 1 heterocycles. The minimum atomic E-state index is -0.670. The highest BCUT2D eigenvalue weighted by Gasteiger charge is 2.30. The van der Waals surface area contributed by atoms with Crippen molar-refractivity contribution in [2.45, 2.75) is 71.2 Å². The Hall–Kier alpha value is -3.42. The van der Waals surface area contributed by atoms with Gasteiger partial charge in [-0.2, -0.15) is 0 Å². The zero-order valence-corrected chi connectivity index (χ0v) is 27.0. The van der Waals surface area contributed by atoms with E-state index < -0.39 is 6.10 Å². The van der Waals surface area contributed by atoms with Gasteiger partial charge < -0.3 is 19.5 Å². The molecule has 0 aliphatic carbocycles. The van der Waals surface area contributed by atoms with E-state index in [0.717, 1.165) is 54.1 Å². The van der Waals surface area contributed by atoms with Crippen molar-refractivity contribution in [3.8, 4) is 11.5 Å². The zero-order chi connectivity index (χ0) is 31.9. The number of aliphatic hydroxyl groups excluding tert-OH is 1. The van der Waals surface area contributed by atoms with E-state index in [9.17, 15) is 14.7 Å². The van der Waals surface area contributed by atoms with Gasteiger partial charge in [-0.3, -0.25) is 9.59 Å². The fourth-order valence-corrected chi connectivity index (χ4v) is 6.04. The van der Waals surface area contributed by atoms with Gasteiger partial charge in [0.1, 0.15) is 24.6 Å². The first-order valence-corrected chi connectivity index (χ1v) is 16.7. The van der Waals surface area contributed by atoms with E-state index in [0.29, 0.717) is 45.3 Å². The number of hydrogen-bond donors (Lipinski definition) is 1. The third-order valence-corrected chi connectivity index (χ3v) is 8.82. The minimum absolute atomic E-state index is 0.0316. The van der Waals surface area contributed by atoms with Crippen molar-refractivity contribution >= 4 is 24.3 Å². The number of benzene rings is 3. The van der Waals surface area contributed by atoms with Crippen LogP contribution < -0.4 is 14.9 Å². The lowest BCUT2D eigenvalue weighted by Crippen LogP contribution is -2.34. The molecule has 4 rings (SSSR count). The predicted molar refractivity (Wildman–Crippen MR) is 182 cm³/mol. The number of ether oxygens (including phenoxy) is 2. The van der Waals surface area contributed by atoms with Gasteiger partial charge in [-0.25, -0.2) is 0 Å². The summed E-state index contributed by atoms with van der Waals surface area (Å²) in [7, 11) is 2.01. The fourth-order valence-electron chi connectivity index (χ4n) is 6.04. The van der Waals surface area contributed by atoms with Gasteiger partial charge in [0.2, 0.25) is 0 Å². The van der Waals surface area contributed by atoms with Crippen LogP contribution in [0.3, 0.4) is 0 Å². The smallest absolute Gasteiger partial charge is 0.162 e. The van der Waals surface area contributed by atoms with Gasteiger partial charge >= 0.3 is 0 Å². The monoisotopic (exact) mass is 610 g/mol. The average molecular weight is 611 g/mol. The van der Waals surface area contributed by atoms with Crippen LogP contribution in [0.4, 0.5) is 0 Å². The highest BCUT2D eigenvalue weighted by atomic mass is 16.5. The second-order valence-electron chi connectivity index (χ2n) is 12.3. The molecule has 1 unspecified atom stereocenters. The van der Waals surface area contributed by atoms with Crippen LogP contribution in [0.2, 0.25) is 6.82 Å². The van der Waals surface area contributed by atoms with Crippen molar-refractivity contribution in [3.63, 3.8) is 0 Å². The summed E-state index contributed by atoms with van der Waals surface area (Å²) in [6.45, 7) is 8.06. The van der Waals surface area contributed by atoms with Gasteiger partial charge in [0, 0.05) is 43.7 Å². The molecule has 1 saturated heterocycles. The molecule has 45 heavy (non-hydrogen) atoms. The van der Waals surface area contributed by atoms with Crippen LogP contribution in [-0.4, -0.2) is 61.7 Å². The Balaban J connectivity index is 1.23. The Morgan fingerprint density at radius 3 is 2.09 bits per heavy atom. The van der Waals surface area contributed by atoms with Crippen molar-refractivity contribution in [2.75, 3.05) is 32.8 Å². The van der Waals surface area contributed by atoms with Crippen LogP contribution in [0.1, 0.15) is 80.3 Å². The van der Waals surface area contributed by atoms with Crippen LogP contribution in [0.5, 0.6) is 11.5 Å². The molecule has 7 heteroatoms. The molecule has 1 radical (unpaired) electrons. The first-order valence-electron chi connectivity index (χ1n) is 16.7. The number of unbranched alkanes of at least 4 members (excludes halogenated alkanes) is 1. The van der Waals surface area contributed by atoms with Crippen molar-refractivity contribution in [2.24, 2.45) is 11.8 Å². The normalized spacial score (nSPS) is 15.3. The van der Waals surface area contributed by atoms with E-state index in [1.807, 2.05) is 93.0 Å². The number of aliphatic hydroxyl groups is 1. The summed E-state index contributed by atoms with van der Waals surface area (Å²) >= 11 is 0. The largest absolute Gasteiger partial charge is 0.493 e. The quantitative estimate of drug-likeness (QED) is 0.0873. The van der Waals surface area contributed by atoms with Gasteiger partial charge in [-0.15, -0.1) is 0 Å². The molecule has 1 fully saturated rings. The molecule has 1 aliphatic heterocycles. The summed E-state index contributed by atoms with van der Waals surface area (Å²) < 4.78 is 11.6. The molecule has 0 aromatic heterocycles. The maximum absolute atomic E-state index is 13.0. The van der Waals surface area contributed by atoms with E-state index in [1.54, 1.807) is 0 Å². The number of rotatable bonds is 20. The Bertz CT molecular complexity index is 1290. The molecule has 0 amide bonds. The van der Waals surface area contributed by atoms with Crippen LogP contribution in [0, 0.1) is 11.8 Å². The van der Waals surface area contributed by atoms with Crippen LogP contribution in [-0.2, 0) is 4.79 Å². The SMILES string of the molecule is C[B]c1ccc(C(=O)CCCCC(=O)CC(C)[C@H](CN2CCCC2)[C@H](O)c2ccc(OCCCOc3ccccc3)cc2)cc1. The zero-order valence-electron chi connectivity index (χ0n) is 27.0. The molecule has 0 bridgehead atoms. The van der Waals surface area contributed by atoms with Crippen LogP contribution >= 0.6 is 0 Å². The molecule has 3 aromatic carbocycles. The molecule has 0 saturated carbocycles. The lowest BCUT2D eigenvalue weighted by Gasteiger charge is -2.32. The van der Waals surface area contributed by atoms with Crippen LogP contribution in [0.15, 0.2) is 78.9 Å². The summed E-state index contributed by atoms with van der Waals surface area (Å²) in [4.78, 5) is 28.0. The van der Waals surface area contributed by atoms with Crippen LogP contribution in [0.25, 0.3) is 0 Å². The lowest BCUT2D eigenvalue weighted by atomic mass is 9.73. The van der Waals surface area contributed by atoms with Gasteiger partial charge in [0.05, 0.1) is 19.3 Å². The molecular weight excluding hydrogens is 561 g/mol. The molecule has 3 atom stereocenters. The second kappa shape index (κ2) is 18.5. The first kappa shape index (κ1) is 34.5. The summed E-state index contributed by atoms with van der Waals surface area (Å²) in [6.07, 6.45) is 5.22. The number of para-hydroxylation sites is 1. The number of carbonyl (C=O) groups excluding carboxylic acids is 2. The number of ketones is 2. The predicted octanol–water partition coefficient (Wildman–Crippen LogP) is 6.70. The summed E-state index contributed by atoms with van der Waals surface area (Å²) in [6, 6.07) is 25.1. The van der Waals surface area contributed by atoms with Gasteiger partial charge in [0.25, 0.3) is 0 Å². The number of nitrogens with zero attached hydrogens (tertiary/aromatic N) is 1. The van der Waals surface area contributed by atoms with E-state index in [-0.39, 0.29) is 23.4 Å². The number of likely N-dealkylation sites (tertiary alicyclic amines) is 1. The Labute approximate surface area is 270 Å². The van der Waals surface area contributed by atoms with Crippen molar-refractivity contribution in [1.82, 2.24) is 4.90 Å². The highest BCUT2D eigenvalue weighted by Crippen LogP contribution is 2.33. The first-order chi connectivity index (χ1) is 21.9.